The fourth-order valence-corrected chi connectivity index (χ4v) is 11.8. The number of hydrogen-bond donors (Lipinski definition) is 4. The molecule has 1 heterocycles. The topological polar surface area (TPSA) is 182 Å². The molecule has 5 aliphatic carbocycles. The Hall–Kier alpha value is -2.65. The lowest BCUT2D eigenvalue weighted by Crippen LogP contribution is -2.84. The summed E-state index contributed by atoms with van der Waals surface area (Å²) in [6.45, 7) is 1.53. The summed E-state index contributed by atoms with van der Waals surface area (Å²) in [7, 11) is 4.27. The van der Waals surface area contributed by atoms with Gasteiger partial charge in [0.2, 0.25) is 6.41 Å². The van der Waals surface area contributed by atoms with Crippen molar-refractivity contribution in [2.24, 2.45) is 28.6 Å². The van der Waals surface area contributed by atoms with Crippen LogP contribution >= 0.6 is 0 Å². The first kappa shape index (κ1) is 31.0. The average Bonchev–Trinajstić information content (AvgIpc) is 3.37. The molecule has 1 aromatic carbocycles. The first-order valence-electron chi connectivity index (χ1n) is 15.4. The molecule has 1 spiro atoms. The van der Waals surface area contributed by atoms with E-state index in [-0.39, 0.29) is 25.1 Å². The molecule has 7 bridgehead atoms. The molecule has 1 saturated heterocycles. The lowest BCUT2D eigenvalue weighted by Gasteiger charge is -2.70. The maximum Gasteiger partial charge on any atom is 0.338 e. The monoisotopic (exact) mass is 631 g/mol. The third-order valence-electron chi connectivity index (χ3n) is 12.5. The molecule has 13 heteroatoms. The molecule has 0 aromatic heterocycles. The smallest absolute Gasteiger partial charge is 0.338 e. The van der Waals surface area contributed by atoms with E-state index in [0.717, 1.165) is 6.92 Å². The van der Waals surface area contributed by atoms with Crippen molar-refractivity contribution in [2.45, 2.75) is 79.6 Å². The molecular weight excluding hydrogens is 590 g/mol. The Morgan fingerprint density at radius 2 is 1.76 bits per heavy atom. The summed E-state index contributed by atoms with van der Waals surface area (Å²) in [5.74, 6) is -4.77. The number of carbonyl (C=O) groups excluding carboxylic acids is 3. The minimum Gasteiger partial charge on any atom is -0.455 e. The number of benzene rings is 1. The van der Waals surface area contributed by atoms with Crippen LogP contribution in [0.1, 0.15) is 36.5 Å². The van der Waals surface area contributed by atoms with Gasteiger partial charge in [-0.3, -0.25) is 9.59 Å². The van der Waals surface area contributed by atoms with Gasteiger partial charge in [0.25, 0.3) is 0 Å². The van der Waals surface area contributed by atoms with E-state index < -0.39 is 100 Å². The van der Waals surface area contributed by atoms with E-state index in [0.29, 0.717) is 12.8 Å². The van der Waals surface area contributed by atoms with E-state index in [2.05, 4.69) is 0 Å². The molecule has 6 aliphatic rings. The van der Waals surface area contributed by atoms with Gasteiger partial charge in [-0.15, -0.1) is 0 Å². The van der Waals surface area contributed by atoms with Crippen LogP contribution in [0.25, 0.3) is 0 Å². The standard InChI is InChI=1S/C32H41NO12/c1-16(35)45-32-19-20(42-3)21-28(14-41-2)11-10-18(36)31(21,23(19)33(13-28)15-34)30(40)12-29(39,26(43-4)24(32)37)25(22(30)32)44-27(38)17-8-6-5-7-9-17/h5-9,15,18-26,36-37,39-40H,10-14H2,1-4H3/t18?,19-,20?,21+,22-,23+,24?,25?,26?,28-,29-,30-,31+,32-/m0/s1. The predicted octanol–water partition coefficient (Wildman–Crippen LogP) is -0.725. The Labute approximate surface area is 260 Å². The third-order valence-corrected chi connectivity index (χ3v) is 12.5. The maximum absolute atomic E-state index is 13.6. The quantitative estimate of drug-likeness (QED) is 0.209. The largest absolute Gasteiger partial charge is 0.455 e. The summed E-state index contributed by atoms with van der Waals surface area (Å²) < 4.78 is 30.0. The minimum atomic E-state index is -2.19. The third kappa shape index (κ3) is 3.35. The van der Waals surface area contributed by atoms with E-state index >= 15 is 0 Å². The zero-order valence-corrected chi connectivity index (χ0v) is 25.7. The van der Waals surface area contributed by atoms with Gasteiger partial charge in [0.05, 0.1) is 47.4 Å². The number of hydrogen-bond acceptors (Lipinski definition) is 12. The van der Waals surface area contributed by atoms with Gasteiger partial charge in [0.1, 0.15) is 23.9 Å². The Bertz CT molecular complexity index is 1400. The molecule has 5 saturated carbocycles. The van der Waals surface area contributed by atoms with Crippen LogP contribution in [0.15, 0.2) is 30.3 Å². The van der Waals surface area contributed by atoms with Crippen LogP contribution < -0.4 is 0 Å². The summed E-state index contributed by atoms with van der Waals surface area (Å²) >= 11 is 0. The minimum absolute atomic E-state index is 0.164. The number of carbonyl (C=O) groups is 3. The number of amides is 1. The summed E-state index contributed by atoms with van der Waals surface area (Å²) in [4.78, 5) is 41.2. The van der Waals surface area contributed by atoms with Crippen molar-refractivity contribution in [3.63, 3.8) is 0 Å². The van der Waals surface area contributed by atoms with Crippen LogP contribution in [0.5, 0.6) is 0 Å². The number of fused-ring (bicyclic) bond motifs is 2. The number of ether oxygens (including phenoxy) is 5. The molecule has 7 rings (SSSR count). The lowest BCUT2D eigenvalue weighted by molar-refractivity contribution is -0.342. The SMILES string of the molecule is COC[C@@]12CCC(O)[C@@]34[C@@H]1C(OC)[C@@H]([C@H]3N(C=O)C2)[C@@]1(OC(C)=O)C(O)C(OC)[C@]2(O)C[C@]4(O)[C@@H]1C2OC(=O)c1ccccc1. The number of piperidine rings is 1. The van der Waals surface area contributed by atoms with Gasteiger partial charge in [-0.1, -0.05) is 18.2 Å². The summed E-state index contributed by atoms with van der Waals surface area (Å²) in [5, 5.41) is 50.6. The van der Waals surface area contributed by atoms with Crippen LogP contribution in [0.3, 0.4) is 0 Å². The number of esters is 2. The van der Waals surface area contributed by atoms with Crippen LogP contribution in [-0.2, 0) is 33.3 Å². The number of aliphatic hydroxyl groups is 4. The van der Waals surface area contributed by atoms with Gasteiger partial charge >= 0.3 is 11.9 Å². The highest BCUT2D eigenvalue weighted by Crippen LogP contribution is 2.81. The zero-order valence-electron chi connectivity index (χ0n) is 25.7. The molecule has 0 radical (unpaired) electrons. The van der Waals surface area contributed by atoms with E-state index in [1.54, 1.807) is 18.2 Å². The second kappa shape index (κ2) is 9.93. The first-order valence-corrected chi connectivity index (χ1v) is 15.4. The first-order chi connectivity index (χ1) is 21.4. The van der Waals surface area contributed by atoms with Crippen molar-refractivity contribution < 1.29 is 58.5 Å². The van der Waals surface area contributed by atoms with Gasteiger partial charge < -0.3 is 49.0 Å². The molecule has 4 N–H and O–H groups in total. The molecule has 5 unspecified atom stereocenters. The van der Waals surface area contributed by atoms with E-state index in [1.165, 1.54) is 38.4 Å². The molecule has 246 valence electrons. The van der Waals surface area contributed by atoms with Gasteiger partial charge in [-0.25, -0.2) is 4.79 Å². The number of aliphatic hydroxyl groups excluding tert-OH is 2. The normalized spacial score (nSPS) is 50.2. The van der Waals surface area contributed by atoms with E-state index in [1.807, 2.05) is 0 Å². The van der Waals surface area contributed by atoms with Crippen molar-refractivity contribution in [3.8, 4) is 0 Å². The highest BCUT2D eigenvalue weighted by atomic mass is 16.6. The highest BCUT2D eigenvalue weighted by molar-refractivity contribution is 5.89. The second-order valence-electron chi connectivity index (χ2n) is 14.0. The fraction of sp³-hybridized carbons (Fsp3) is 0.719. The zero-order chi connectivity index (χ0) is 32.3. The molecule has 1 aromatic rings. The molecule has 13 nitrogen and oxygen atoms in total. The number of methoxy groups -OCH3 is 3. The van der Waals surface area contributed by atoms with Crippen molar-refractivity contribution >= 4 is 18.3 Å². The predicted molar refractivity (Wildman–Crippen MR) is 151 cm³/mol. The average molecular weight is 632 g/mol. The van der Waals surface area contributed by atoms with Crippen LogP contribution in [0.4, 0.5) is 0 Å². The Morgan fingerprint density at radius 3 is 2.36 bits per heavy atom. The molecule has 45 heavy (non-hydrogen) atoms. The molecule has 1 amide bonds. The van der Waals surface area contributed by atoms with Crippen molar-refractivity contribution in [3.05, 3.63) is 35.9 Å². The maximum atomic E-state index is 13.6. The molecule has 6 fully saturated rings. The Kier molecular flexibility index (Phi) is 6.83. The van der Waals surface area contributed by atoms with Gasteiger partial charge in [0.15, 0.2) is 5.60 Å². The van der Waals surface area contributed by atoms with Crippen LogP contribution in [0.2, 0.25) is 0 Å². The molecule has 14 atom stereocenters. The summed E-state index contributed by atoms with van der Waals surface area (Å²) in [6.07, 6.45) is -6.11. The Balaban J connectivity index is 1.55. The van der Waals surface area contributed by atoms with Crippen LogP contribution in [0, 0.1) is 28.6 Å². The summed E-state index contributed by atoms with van der Waals surface area (Å²) in [6, 6.07) is 7.11. The van der Waals surface area contributed by atoms with Gasteiger partial charge in [-0.05, 0) is 25.0 Å². The van der Waals surface area contributed by atoms with Gasteiger partial charge in [-0.2, -0.15) is 0 Å². The molecule has 1 aliphatic heterocycles. The van der Waals surface area contributed by atoms with Crippen molar-refractivity contribution in [2.75, 3.05) is 34.5 Å². The van der Waals surface area contributed by atoms with Crippen molar-refractivity contribution in [1.29, 1.82) is 0 Å². The lowest BCUT2D eigenvalue weighted by atomic mass is 9.41. The highest BCUT2D eigenvalue weighted by Gasteiger charge is 2.96. The van der Waals surface area contributed by atoms with E-state index in [4.69, 9.17) is 23.7 Å². The number of rotatable bonds is 8. The summed E-state index contributed by atoms with van der Waals surface area (Å²) in [5.41, 5.74) is -8.65. The van der Waals surface area contributed by atoms with Gasteiger partial charge in [0, 0.05) is 58.5 Å². The molecular formula is C32H41NO12. The number of likely N-dealkylation sites (tertiary alicyclic amines) is 1. The second-order valence-corrected chi connectivity index (χ2v) is 14.0. The van der Waals surface area contributed by atoms with Crippen molar-refractivity contribution in [1.82, 2.24) is 4.90 Å². The van der Waals surface area contributed by atoms with E-state index in [9.17, 15) is 34.8 Å². The van der Waals surface area contributed by atoms with Crippen LogP contribution in [-0.4, -0.2) is 132 Å². The number of nitrogens with zero attached hydrogens (tertiary/aromatic N) is 1. The Morgan fingerprint density at radius 1 is 1.04 bits per heavy atom. The fourth-order valence-electron chi connectivity index (χ4n) is 11.8.